The number of rotatable bonds is 4. The van der Waals surface area contributed by atoms with Crippen LogP contribution in [-0.2, 0) is 9.53 Å². The molecule has 0 saturated heterocycles. The number of hydrogen-bond acceptors (Lipinski definition) is 8. The van der Waals surface area contributed by atoms with Crippen molar-refractivity contribution in [2.45, 2.75) is 18.0 Å². The van der Waals surface area contributed by atoms with Crippen LogP contribution in [0.5, 0.6) is 0 Å². The fourth-order valence-electron chi connectivity index (χ4n) is 3.12. The fraction of sp³-hybridized carbons (Fsp3) is 0.235. The van der Waals surface area contributed by atoms with Crippen molar-refractivity contribution in [2.75, 3.05) is 18.7 Å². The minimum Gasteiger partial charge on any atom is -0.466 e. The van der Waals surface area contributed by atoms with E-state index in [0.29, 0.717) is 10.9 Å². The monoisotopic (exact) mass is 388 g/mol. The minimum atomic E-state index is -0.984. The summed E-state index contributed by atoms with van der Waals surface area (Å²) in [4.78, 5) is 43.2. The molecule has 1 unspecified atom stereocenters. The molecule has 0 amide bonds. The van der Waals surface area contributed by atoms with Crippen LogP contribution in [0, 0.1) is 10.1 Å². The normalized spacial score (nSPS) is 15.7. The fourth-order valence-corrected chi connectivity index (χ4v) is 3.49. The van der Waals surface area contributed by atoms with Gasteiger partial charge in [0, 0.05) is 17.3 Å². The number of benzene rings is 1. The minimum absolute atomic E-state index is 0.128. The van der Waals surface area contributed by atoms with Crippen molar-refractivity contribution in [2.24, 2.45) is 0 Å². The average Bonchev–Trinajstić information content (AvgIpc) is 2.65. The number of nitrogens with zero attached hydrogens (tertiary/aromatic N) is 2. The van der Waals surface area contributed by atoms with Gasteiger partial charge in [-0.3, -0.25) is 14.9 Å². The molecule has 2 heterocycles. The Balaban J connectivity index is 2.37. The number of thioether (sulfide) groups is 1. The molecule has 1 aliphatic heterocycles. The average molecular weight is 388 g/mol. The molecule has 0 aliphatic carbocycles. The smallest absolute Gasteiger partial charge is 0.336 e. The predicted molar refractivity (Wildman–Crippen MR) is 99.9 cm³/mol. The van der Waals surface area contributed by atoms with E-state index in [-0.39, 0.29) is 28.2 Å². The Morgan fingerprint density at radius 2 is 2.07 bits per heavy atom. The number of carbonyl (C=O) groups is 1. The Hall–Kier alpha value is -3.14. The molecule has 0 saturated carbocycles. The van der Waals surface area contributed by atoms with Crippen molar-refractivity contribution in [1.29, 1.82) is 0 Å². The highest BCUT2D eigenvalue weighted by Gasteiger charge is 2.39. The van der Waals surface area contributed by atoms with Gasteiger partial charge in [-0.05, 0) is 13.2 Å². The molecule has 2 N–H and O–H groups in total. The number of para-hydroxylation sites is 1. The number of aromatic amines is 1. The third kappa shape index (κ3) is 3.19. The lowest BCUT2D eigenvalue weighted by atomic mass is 9.81. The zero-order chi connectivity index (χ0) is 19.7. The van der Waals surface area contributed by atoms with E-state index in [0.717, 1.165) is 0 Å². The van der Waals surface area contributed by atoms with Gasteiger partial charge in [-0.15, -0.1) is 0 Å². The van der Waals surface area contributed by atoms with Crippen molar-refractivity contribution in [3.8, 4) is 0 Å². The number of H-pyrrole nitrogens is 1. The number of carbonyl (C=O) groups excluding carboxylic acids is 1. The SMILES string of the molecule is COC(=O)C1=C(C)Nc2nc(SC)[nH]c(=O)c2C1c1ccccc1[N+](=O)[O-]. The molecule has 0 bridgehead atoms. The Morgan fingerprint density at radius 1 is 1.37 bits per heavy atom. The van der Waals surface area contributed by atoms with E-state index in [2.05, 4.69) is 15.3 Å². The van der Waals surface area contributed by atoms with E-state index >= 15 is 0 Å². The second kappa shape index (κ2) is 7.23. The van der Waals surface area contributed by atoms with Gasteiger partial charge in [0.25, 0.3) is 11.2 Å². The standard InChI is InChI=1S/C17H16N4O5S/c1-8-11(16(23)26-2)12(9-6-4-5-7-10(9)21(24)25)13-14(18-8)19-17(27-3)20-15(13)22/h4-7,12H,1-3H3,(H2,18,19,20,22). The number of esters is 1. The van der Waals surface area contributed by atoms with Crippen LogP contribution in [-0.4, -0.2) is 34.2 Å². The lowest BCUT2D eigenvalue weighted by Gasteiger charge is -2.28. The Morgan fingerprint density at radius 3 is 2.70 bits per heavy atom. The summed E-state index contributed by atoms with van der Waals surface area (Å²) >= 11 is 1.25. The number of aromatic nitrogens is 2. The van der Waals surface area contributed by atoms with Crippen molar-refractivity contribution in [1.82, 2.24) is 9.97 Å². The van der Waals surface area contributed by atoms with E-state index in [1.807, 2.05) is 0 Å². The van der Waals surface area contributed by atoms with Gasteiger partial charge in [-0.2, -0.15) is 0 Å². The Kier molecular flexibility index (Phi) is 5.00. The molecule has 10 heteroatoms. The Labute approximate surface area is 158 Å². The summed E-state index contributed by atoms with van der Waals surface area (Å²) in [5.74, 6) is -1.40. The molecule has 0 fully saturated rings. The van der Waals surface area contributed by atoms with Crippen molar-refractivity contribution >= 4 is 29.2 Å². The predicted octanol–water partition coefficient (Wildman–Crippen LogP) is 2.40. The summed E-state index contributed by atoms with van der Waals surface area (Å²) in [5.41, 5.74) is 0.222. The highest BCUT2D eigenvalue weighted by molar-refractivity contribution is 7.98. The van der Waals surface area contributed by atoms with Crippen LogP contribution in [0.25, 0.3) is 0 Å². The van der Waals surface area contributed by atoms with Crippen LogP contribution in [0.3, 0.4) is 0 Å². The summed E-state index contributed by atoms with van der Waals surface area (Å²) in [6.07, 6.45) is 1.76. The van der Waals surface area contributed by atoms with Crippen LogP contribution < -0.4 is 10.9 Å². The van der Waals surface area contributed by atoms with Gasteiger partial charge in [-0.1, -0.05) is 30.0 Å². The van der Waals surface area contributed by atoms with Crippen molar-refractivity contribution < 1.29 is 14.5 Å². The summed E-state index contributed by atoms with van der Waals surface area (Å²) in [6, 6.07) is 6.00. The number of anilines is 1. The third-order valence-corrected chi connectivity index (χ3v) is 4.84. The third-order valence-electron chi connectivity index (χ3n) is 4.26. The van der Waals surface area contributed by atoms with Gasteiger partial charge in [-0.25, -0.2) is 9.78 Å². The van der Waals surface area contributed by atoms with E-state index in [9.17, 15) is 19.7 Å². The van der Waals surface area contributed by atoms with Gasteiger partial charge >= 0.3 is 5.97 Å². The maximum absolute atomic E-state index is 12.8. The van der Waals surface area contributed by atoms with E-state index in [4.69, 9.17) is 4.74 Å². The first-order valence-corrected chi connectivity index (χ1v) is 9.09. The van der Waals surface area contributed by atoms with E-state index < -0.39 is 22.4 Å². The molecule has 3 rings (SSSR count). The molecule has 140 valence electrons. The quantitative estimate of drug-likeness (QED) is 0.269. The van der Waals surface area contributed by atoms with E-state index in [1.165, 1.54) is 37.1 Å². The summed E-state index contributed by atoms with van der Waals surface area (Å²) in [6.45, 7) is 1.64. The molecular weight excluding hydrogens is 372 g/mol. The Bertz CT molecular complexity index is 1030. The number of nitro groups is 1. The van der Waals surface area contributed by atoms with Crippen LogP contribution in [0.15, 0.2) is 45.5 Å². The molecule has 9 nitrogen and oxygen atoms in total. The molecule has 0 spiro atoms. The van der Waals surface area contributed by atoms with Gasteiger partial charge < -0.3 is 15.0 Å². The summed E-state index contributed by atoms with van der Waals surface area (Å²) in [5, 5.41) is 14.9. The first-order chi connectivity index (χ1) is 12.9. The highest BCUT2D eigenvalue weighted by Crippen LogP contribution is 2.42. The summed E-state index contributed by atoms with van der Waals surface area (Å²) < 4.78 is 4.87. The maximum Gasteiger partial charge on any atom is 0.336 e. The number of nitro benzene ring substituents is 1. The van der Waals surface area contributed by atoms with Crippen molar-refractivity contribution in [3.05, 3.63) is 67.1 Å². The summed E-state index contributed by atoms with van der Waals surface area (Å²) in [7, 11) is 1.22. The number of methoxy groups -OCH3 is 1. The molecule has 1 aliphatic rings. The van der Waals surface area contributed by atoms with Crippen LogP contribution in [0.1, 0.15) is 24.0 Å². The van der Waals surface area contributed by atoms with Gasteiger partial charge in [0.05, 0.1) is 29.1 Å². The van der Waals surface area contributed by atoms with Crippen LogP contribution in [0.2, 0.25) is 0 Å². The van der Waals surface area contributed by atoms with Gasteiger partial charge in [0.1, 0.15) is 5.82 Å². The number of fused-ring (bicyclic) bond motifs is 1. The largest absolute Gasteiger partial charge is 0.466 e. The molecule has 27 heavy (non-hydrogen) atoms. The lowest BCUT2D eigenvalue weighted by Crippen LogP contribution is -2.31. The molecule has 1 aromatic heterocycles. The first kappa shape index (κ1) is 18.6. The van der Waals surface area contributed by atoms with Gasteiger partial charge in [0.15, 0.2) is 5.16 Å². The van der Waals surface area contributed by atoms with E-state index in [1.54, 1.807) is 19.2 Å². The molecular formula is C17H16N4O5S. The van der Waals surface area contributed by atoms with Crippen molar-refractivity contribution in [3.63, 3.8) is 0 Å². The number of allylic oxidation sites excluding steroid dienone is 1. The second-order valence-electron chi connectivity index (χ2n) is 5.74. The first-order valence-electron chi connectivity index (χ1n) is 7.86. The van der Waals surface area contributed by atoms with Crippen LogP contribution >= 0.6 is 11.8 Å². The van der Waals surface area contributed by atoms with Gasteiger partial charge in [0.2, 0.25) is 0 Å². The topological polar surface area (TPSA) is 127 Å². The zero-order valence-corrected chi connectivity index (χ0v) is 15.5. The number of ether oxygens (including phenoxy) is 1. The lowest BCUT2D eigenvalue weighted by molar-refractivity contribution is -0.385. The second-order valence-corrected chi connectivity index (χ2v) is 6.54. The molecule has 2 aromatic rings. The number of hydrogen-bond donors (Lipinski definition) is 2. The maximum atomic E-state index is 12.8. The molecule has 0 radical (unpaired) electrons. The molecule has 1 atom stereocenters. The number of nitrogens with one attached hydrogen (secondary N) is 2. The highest BCUT2D eigenvalue weighted by atomic mass is 32.2. The van der Waals surface area contributed by atoms with Crippen LogP contribution in [0.4, 0.5) is 11.5 Å². The molecule has 1 aromatic carbocycles. The zero-order valence-electron chi connectivity index (χ0n) is 14.7.